The third kappa shape index (κ3) is 2.29. The second-order valence-corrected chi connectivity index (χ2v) is 5.25. The van der Waals surface area contributed by atoms with E-state index in [2.05, 4.69) is 29.3 Å². The van der Waals surface area contributed by atoms with Crippen LogP contribution in [0.2, 0.25) is 0 Å². The number of nitrogens with zero attached hydrogens (tertiary/aromatic N) is 1. The summed E-state index contributed by atoms with van der Waals surface area (Å²) in [6.45, 7) is 0. The van der Waals surface area contributed by atoms with E-state index in [9.17, 15) is 0 Å². The Labute approximate surface area is 129 Å². The van der Waals surface area contributed by atoms with Crippen LogP contribution in [0.3, 0.4) is 0 Å². The molecule has 1 aliphatic heterocycles. The van der Waals surface area contributed by atoms with Crippen LogP contribution < -0.4 is 0 Å². The minimum absolute atomic E-state index is 0.0835. The standard InChI is InChI=1S/C20H15NO/c1-3-9-15(10-4-1)19-17-13-7-8-14-18(17)20(22-19)21-16-11-5-2-6-12-16/h1-14,19H. The van der Waals surface area contributed by atoms with E-state index in [1.807, 2.05) is 60.7 Å². The second-order valence-electron chi connectivity index (χ2n) is 5.25. The van der Waals surface area contributed by atoms with Gasteiger partial charge in [0.2, 0.25) is 5.90 Å². The molecule has 0 aromatic heterocycles. The van der Waals surface area contributed by atoms with Gasteiger partial charge in [-0.3, -0.25) is 0 Å². The van der Waals surface area contributed by atoms with Gasteiger partial charge in [-0.2, -0.15) is 0 Å². The molecule has 1 heterocycles. The predicted octanol–water partition coefficient (Wildman–Crippen LogP) is 4.88. The minimum atomic E-state index is -0.0835. The van der Waals surface area contributed by atoms with Crippen LogP contribution in [0.4, 0.5) is 5.69 Å². The number of rotatable bonds is 2. The first kappa shape index (κ1) is 12.8. The van der Waals surface area contributed by atoms with Gasteiger partial charge in [-0.15, -0.1) is 0 Å². The summed E-state index contributed by atoms with van der Waals surface area (Å²) in [6.07, 6.45) is -0.0835. The fraction of sp³-hybridized carbons (Fsp3) is 0.0500. The van der Waals surface area contributed by atoms with Gasteiger partial charge in [0.1, 0.15) is 0 Å². The summed E-state index contributed by atoms with van der Waals surface area (Å²) in [5.41, 5.74) is 4.29. The average molecular weight is 285 g/mol. The van der Waals surface area contributed by atoms with Gasteiger partial charge in [0, 0.05) is 11.1 Å². The Morgan fingerprint density at radius 3 is 2.09 bits per heavy atom. The molecular formula is C20H15NO. The van der Waals surface area contributed by atoms with Gasteiger partial charge in [-0.05, 0) is 23.8 Å². The Hall–Kier alpha value is -2.87. The Bertz CT molecular complexity index is 809. The van der Waals surface area contributed by atoms with Crippen molar-refractivity contribution in [3.05, 3.63) is 102 Å². The van der Waals surface area contributed by atoms with Crippen molar-refractivity contribution in [1.82, 2.24) is 0 Å². The number of fused-ring (bicyclic) bond motifs is 1. The lowest BCUT2D eigenvalue weighted by molar-refractivity contribution is 0.252. The molecule has 2 nitrogen and oxygen atoms in total. The monoisotopic (exact) mass is 285 g/mol. The van der Waals surface area contributed by atoms with Gasteiger partial charge in [0.15, 0.2) is 6.10 Å². The van der Waals surface area contributed by atoms with Crippen molar-refractivity contribution in [2.45, 2.75) is 6.10 Å². The van der Waals surface area contributed by atoms with E-state index < -0.39 is 0 Å². The average Bonchev–Trinajstić information content (AvgIpc) is 2.96. The summed E-state index contributed by atoms with van der Waals surface area (Å²) in [5.74, 6) is 0.690. The minimum Gasteiger partial charge on any atom is -0.464 e. The molecule has 0 aliphatic carbocycles. The van der Waals surface area contributed by atoms with Crippen molar-refractivity contribution < 1.29 is 4.74 Å². The second kappa shape index (κ2) is 5.49. The molecular weight excluding hydrogens is 270 g/mol. The molecule has 0 saturated heterocycles. The lowest BCUT2D eigenvalue weighted by Crippen LogP contribution is -2.01. The van der Waals surface area contributed by atoms with Gasteiger partial charge in [0.25, 0.3) is 0 Å². The molecule has 2 heteroatoms. The molecule has 0 amide bonds. The Balaban J connectivity index is 1.79. The van der Waals surface area contributed by atoms with Gasteiger partial charge in [-0.25, -0.2) is 4.99 Å². The molecule has 0 saturated carbocycles. The van der Waals surface area contributed by atoms with Crippen molar-refractivity contribution in [1.29, 1.82) is 0 Å². The quantitative estimate of drug-likeness (QED) is 0.657. The van der Waals surface area contributed by atoms with Gasteiger partial charge in [-0.1, -0.05) is 66.7 Å². The Kier molecular flexibility index (Phi) is 3.20. The van der Waals surface area contributed by atoms with Crippen molar-refractivity contribution in [3.63, 3.8) is 0 Å². The van der Waals surface area contributed by atoms with Crippen molar-refractivity contribution >= 4 is 11.6 Å². The van der Waals surface area contributed by atoms with E-state index >= 15 is 0 Å². The summed E-state index contributed by atoms with van der Waals surface area (Å²) in [5, 5.41) is 0. The summed E-state index contributed by atoms with van der Waals surface area (Å²) in [7, 11) is 0. The summed E-state index contributed by atoms with van der Waals surface area (Å²) in [4.78, 5) is 4.67. The lowest BCUT2D eigenvalue weighted by atomic mass is 9.99. The number of hydrogen-bond acceptors (Lipinski definition) is 2. The highest BCUT2D eigenvalue weighted by molar-refractivity contribution is 6.00. The smallest absolute Gasteiger partial charge is 0.222 e. The highest BCUT2D eigenvalue weighted by Gasteiger charge is 2.30. The molecule has 0 bridgehead atoms. The largest absolute Gasteiger partial charge is 0.464 e. The van der Waals surface area contributed by atoms with Gasteiger partial charge < -0.3 is 4.74 Å². The third-order valence-corrected chi connectivity index (χ3v) is 3.79. The predicted molar refractivity (Wildman–Crippen MR) is 88.5 cm³/mol. The number of ether oxygens (including phenoxy) is 1. The maximum absolute atomic E-state index is 6.17. The molecule has 1 unspecified atom stereocenters. The fourth-order valence-electron chi connectivity index (χ4n) is 2.74. The van der Waals surface area contributed by atoms with Crippen LogP contribution in [0.15, 0.2) is 89.9 Å². The highest BCUT2D eigenvalue weighted by atomic mass is 16.5. The third-order valence-electron chi connectivity index (χ3n) is 3.79. The van der Waals surface area contributed by atoms with Gasteiger partial charge >= 0.3 is 0 Å². The van der Waals surface area contributed by atoms with Crippen molar-refractivity contribution in [2.75, 3.05) is 0 Å². The van der Waals surface area contributed by atoms with Crippen LogP contribution >= 0.6 is 0 Å². The normalized spacial score (nSPS) is 18.0. The molecule has 3 aromatic rings. The topological polar surface area (TPSA) is 21.6 Å². The molecule has 1 aliphatic rings. The van der Waals surface area contributed by atoms with Crippen LogP contribution in [0.5, 0.6) is 0 Å². The molecule has 0 N–H and O–H groups in total. The first-order chi connectivity index (χ1) is 10.9. The molecule has 106 valence electrons. The van der Waals surface area contributed by atoms with Crippen LogP contribution in [-0.2, 0) is 4.74 Å². The highest BCUT2D eigenvalue weighted by Crippen LogP contribution is 2.36. The first-order valence-electron chi connectivity index (χ1n) is 7.36. The number of hydrogen-bond donors (Lipinski definition) is 0. The fourth-order valence-corrected chi connectivity index (χ4v) is 2.74. The van der Waals surface area contributed by atoms with E-state index in [4.69, 9.17) is 4.74 Å². The first-order valence-corrected chi connectivity index (χ1v) is 7.36. The number of aliphatic imine (C=N–C) groups is 1. The number of para-hydroxylation sites is 1. The molecule has 22 heavy (non-hydrogen) atoms. The van der Waals surface area contributed by atoms with E-state index in [-0.39, 0.29) is 6.10 Å². The van der Waals surface area contributed by atoms with Crippen LogP contribution in [-0.4, -0.2) is 5.90 Å². The van der Waals surface area contributed by atoms with Crippen LogP contribution in [0.1, 0.15) is 22.8 Å². The lowest BCUT2D eigenvalue weighted by Gasteiger charge is -2.11. The zero-order chi connectivity index (χ0) is 14.8. The van der Waals surface area contributed by atoms with E-state index in [1.165, 1.54) is 5.56 Å². The molecule has 0 spiro atoms. The van der Waals surface area contributed by atoms with E-state index in [0.717, 1.165) is 16.8 Å². The van der Waals surface area contributed by atoms with Gasteiger partial charge in [0.05, 0.1) is 5.69 Å². The maximum atomic E-state index is 6.17. The summed E-state index contributed by atoms with van der Waals surface area (Å²) in [6, 6.07) is 28.4. The molecule has 1 atom stereocenters. The summed E-state index contributed by atoms with van der Waals surface area (Å²) >= 11 is 0. The van der Waals surface area contributed by atoms with E-state index in [0.29, 0.717) is 5.90 Å². The Morgan fingerprint density at radius 1 is 0.682 bits per heavy atom. The maximum Gasteiger partial charge on any atom is 0.222 e. The zero-order valence-electron chi connectivity index (χ0n) is 12.0. The SMILES string of the molecule is c1ccc(N=C2OC(c3ccccc3)c3ccccc32)cc1. The van der Waals surface area contributed by atoms with Crippen LogP contribution in [0, 0.1) is 0 Å². The molecule has 4 rings (SSSR count). The van der Waals surface area contributed by atoms with Crippen molar-refractivity contribution in [3.8, 4) is 0 Å². The Morgan fingerprint density at radius 2 is 1.32 bits per heavy atom. The molecule has 3 aromatic carbocycles. The molecule has 0 fully saturated rings. The number of benzene rings is 3. The van der Waals surface area contributed by atoms with Crippen LogP contribution in [0.25, 0.3) is 0 Å². The van der Waals surface area contributed by atoms with E-state index in [1.54, 1.807) is 0 Å². The zero-order valence-corrected chi connectivity index (χ0v) is 12.0. The summed E-state index contributed by atoms with van der Waals surface area (Å²) < 4.78 is 6.17. The van der Waals surface area contributed by atoms with Crippen molar-refractivity contribution in [2.24, 2.45) is 4.99 Å². The molecule has 0 radical (unpaired) electrons.